The zero-order valence-corrected chi connectivity index (χ0v) is 19.7. The van der Waals surface area contributed by atoms with E-state index in [-0.39, 0.29) is 17.7 Å². The number of benzene rings is 3. The molecule has 6 rings (SSSR count). The summed E-state index contributed by atoms with van der Waals surface area (Å²) >= 11 is 0. The maximum absolute atomic E-state index is 13.2. The summed E-state index contributed by atoms with van der Waals surface area (Å²) in [4.78, 5) is 53.3. The highest BCUT2D eigenvalue weighted by molar-refractivity contribution is 6.34. The van der Waals surface area contributed by atoms with Crippen LogP contribution in [0.1, 0.15) is 36.8 Å². The molecule has 0 spiro atoms. The van der Waals surface area contributed by atoms with Crippen LogP contribution in [-0.4, -0.2) is 58.8 Å². The first kappa shape index (κ1) is 21.9. The minimum atomic E-state index is -0.349. The number of hydrogen-bond acceptors (Lipinski definition) is 6. The van der Waals surface area contributed by atoms with E-state index in [0.29, 0.717) is 48.6 Å². The number of para-hydroxylation sites is 2. The molecule has 0 unspecified atom stereocenters. The van der Waals surface area contributed by atoms with Crippen molar-refractivity contribution in [3.05, 3.63) is 95.2 Å². The van der Waals surface area contributed by atoms with Gasteiger partial charge in [0.2, 0.25) is 0 Å². The predicted molar refractivity (Wildman–Crippen MR) is 136 cm³/mol. The summed E-state index contributed by atoms with van der Waals surface area (Å²) in [5, 5.41) is 0. The van der Waals surface area contributed by atoms with Crippen LogP contribution in [0.3, 0.4) is 0 Å². The number of fused-ring (bicyclic) bond motifs is 2. The number of carbonyl (C=O) groups is 3. The number of imide groups is 1. The number of amides is 3. The lowest BCUT2D eigenvalue weighted by atomic mass is 10.1. The Balaban J connectivity index is 1.14. The molecule has 0 radical (unpaired) electrons. The van der Waals surface area contributed by atoms with Gasteiger partial charge < -0.3 is 9.80 Å². The summed E-state index contributed by atoms with van der Waals surface area (Å²) in [6, 6.07) is 21.2. The zero-order chi connectivity index (χ0) is 24.8. The summed E-state index contributed by atoms with van der Waals surface area (Å²) in [5.74, 6) is 0.0757. The molecule has 0 N–H and O–H groups in total. The normalized spacial score (nSPS) is 15.5. The van der Waals surface area contributed by atoms with Crippen molar-refractivity contribution in [3.63, 3.8) is 0 Å². The van der Waals surface area contributed by atoms with E-state index in [2.05, 4.69) is 9.88 Å². The van der Waals surface area contributed by atoms with Crippen LogP contribution in [0, 0.1) is 6.92 Å². The van der Waals surface area contributed by atoms with E-state index in [1.54, 1.807) is 48.5 Å². The Morgan fingerprint density at radius 1 is 0.722 bits per heavy atom. The molecule has 1 fully saturated rings. The number of carbonyl (C=O) groups excluding carboxylic acids is 3. The van der Waals surface area contributed by atoms with Crippen molar-refractivity contribution < 1.29 is 14.4 Å². The average molecular weight is 478 g/mol. The van der Waals surface area contributed by atoms with Crippen molar-refractivity contribution in [2.45, 2.75) is 6.92 Å². The Labute approximate surface area is 207 Å². The van der Waals surface area contributed by atoms with Gasteiger partial charge in [0.05, 0.1) is 33.5 Å². The van der Waals surface area contributed by atoms with Crippen molar-refractivity contribution in [2.24, 2.45) is 0 Å². The van der Waals surface area contributed by atoms with Crippen LogP contribution in [0.15, 0.2) is 72.8 Å². The molecule has 0 bridgehead atoms. The molecule has 36 heavy (non-hydrogen) atoms. The Bertz CT molecular complexity index is 1490. The number of aryl methyl sites for hydroxylation is 1. The van der Waals surface area contributed by atoms with Crippen LogP contribution in [-0.2, 0) is 0 Å². The lowest BCUT2D eigenvalue weighted by Gasteiger charge is -2.36. The standard InChI is InChI=1S/C28H23N5O3/c1-18-25(30-24-9-5-4-8-23(24)29-18)31-14-16-32(17-15-31)26(34)19-10-12-20(13-11-19)33-27(35)21-6-2-3-7-22(21)28(33)36/h2-13H,14-17H2,1H3. The predicted octanol–water partition coefficient (Wildman–Crippen LogP) is 3.70. The number of rotatable bonds is 3. The van der Waals surface area contributed by atoms with Gasteiger partial charge in [-0.3, -0.25) is 14.4 Å². The van der Waals surface area contributed by atoms with Crippen molar-refractivity contribution in [3.8, 4) is 0 Å². The van der Waals surface area contributed by atoms with Crippen molar-refractivity contribution in [1.82, 2.24) is 14.9 Å². The van der Waals surface area contributed by atoms with Gasteiger partial charge in [-0.1, -0.05) is 24.3 Å². The summed E-state index contributed by atoms with van der Waals surface area (Å²) in [6.45, 7) is 4.40. The fraction of sp³-hybridized carbons (Fsp3) is 0.179. The molecule has 0 aliphatic carbocycles. The molecular weight excluding hydrogens is 454 g/mol. The van der Waals surface area contributed by atoms with Crippen molar-refractivity contribution in [1.29, 1.82) is 0 Å². The van der Waals surface area contributed by atoms with Crippen LogP contribution in [0.25, 0.3) is 11.0 Å². The Morgan fingerprint density at radius 2 is 1.28 bits per heavy atom. The van der Waals surface area contributed by atoms with Gasteiger partial charge in [0.25, 0.3) is 17.7 Å². The first-order chi connectivity index (χ1) is 17.5. The third-order valence-electron chi connectivity index (χ3n) is 6.75. The SMILES string of the molecule is Cc1nc2ccccc2nc1N1CCN(C(=O)c2ccc(N3C(=O)c4ccccc4C3=O)cc2)CC1. The second kappa shape index (κ2) is 8.57. The van der Waals surface area contributed by atoms with Gasteiger partial charge in [0.15, 0.2) is 5.82 Å². The molecule has 0 atom stereocenters. The molecule has 2 aliphatic heterocycles. The minimum Gasteiger partial charge on any atom is -0.352 e. The lowest BCUT2D eigenvalue weighted by Crippen LogP contribution is -2.49. The molecule has 3 heterocycles. The lowest BCUT2D eigenvalue weighted by molar-refractivity contribution is 0.0746. The Morgan fingerprint density at radius 3 is 1.89 bits per heavy atom. The fourth-order valence-corrected chi connectivity index (χ4v) is 4.86. The Kier molecular flexibility index (Phi) is 5.21. The number of nitrogens with zero attached hydrogens (tertiary/aromatic N) is 5. The number of piperazine rings is 1. The van der Waals surface area contributed by atoms with Crippen LogP contribution >= 0.6 is 0 Å². The highest BCUT2D eigenvalue weighted by atomic mass is 16.2. The molecule has 178 valence electrons. The van der Waals surface area contributed by atoms with Gasteiger partial charge >= 0.3 is 0 Å². The summed E-state index contributed by atoms with van der Waals surface area (Å²) < 4.78 is 0. The smallest absolute Gasteiger partial charge is 0.266 e. The molecule has 8 heteroatoms. The monoisotopic (exact) mass is 477 g/mol. The Hall–Kier alpha value is -4.59. The fourth-order valence-electron chi connectivity index (χ4n) is 4.86. The van der Waals surface area contributed by atoms with E-state index < -0.39 is 0 Å². The largest absolute Gasteiger partial charge is 0.352 e. The maximum Gasteiger partial charge on any atom is 0.266 e. The summed E-state index contributed by atoms with van der Waals surface area (Å²) in [7, 11) is 0. The average Bonchev–Trinajstić information content (AvgIpc) is 3.18. The topological polar surface area (TPSA) is 86.7 Å². The van der Waals surface area contributed by atoms with Gasteiger partial charge in [0.1, 0.15) is 0 Å². The molecule has 0 saturated carbocycles. The quantitative estimate of drug-likeness (QED) is 0.418. The van der Waals surface area contributed by atoms with E-state index in [1.165, 1.54) is 0 Å². The minimum absolute atomic E-state index is 0.0788. The van der Waals surface area contributed by atoms with E-state index in [1.807, 2.05) is 36.1 Å². The van der Waals surface area contributed by atoms with E-state index in [0.717, 1.165) is 27.4 Å². The van der Waals surface area contributed by atoms with Gasteiger partial charge in [-0.15, -0.1) is 0 Å². The molecule has 4 aromatic rings. The first-order valence-corrected chi connectivity index (χ1v) is 11.9. The van der Waals surface area contributed by atoms with Crippen molar-refractivity contribution >= 4 is 40.3 Å². The number of anilines is 2. The summed E-state index contributed by atoms with van der Waals surface area (Å²) in [6.07, 6.45) is 0. The number of hydrogen-bond donors (Lipinski definition) is 0. The first-order valence-electron chi connectivity index (χ1n) is 11.9. The second-order valence-electron chi connectivity index (χ2n) is 8.94. The molecule has 1 aromatic heterocycles. The van der Waals surface area contributed by atoms with Crippen LogP contribution in [0.4, 0.5) is 11.5 Å². The van der Waals surface area contributed by atoms with Gasteiger partial charge in [0, 0.05) is 31.7 Å². The molecule has 2 aliphatic rings. The van der Waals surface area contributed by atoms with E-state index in [4.69, 9.17) is 4.98 Å². The molecular formula is C28H23N5O3. The second-order valence-corrected chi connectivity index (χ2v) is 8.94. The molecule has 3 amide bonds. The van der Waals surface area contributed by atoms with Gasteiger partial charge in [-0.25, -0.2) is 14.9 Å². The van der Waals surface area contributed by atoms with Crippen LogP contribution < -0.4 is 9.80 Å². The highest BCUT2D eigenvalue weighted by Crippen LogP contribution is 2.29. The highest BCUT2D eigenvalue weighted by Gasteiger charge is 2.36. The van der Waals surface area contributed by atoms with E-state index >= 15 is 0 Å². The van der Waals surface area contributed by atoms with Gasteiger partial charge in [-0.2, -0.15) is 0 Å². The molecule has 8 nitrogen and oxygen atoms in total. The maximum atomic E-state index is 13.2. The summed E-state index contributed by atoms with van der Waals surface area (Å²) in [5.41, 5.74) is 4.36. The number of aromatic nitrogens is 2. The molecule has 3 aromatic carbocycles. The van der Waals surface area contributed by atoms with Gasteiger partial charge in [-0.05, 0) is 55.5 Å². The zero-order valence-electron chi connectivity index (χ0n) is 19.7. The third kappa shape index (κ3) is 3.58. The van der Waals surface area contributed by atoms with Crippen molar-refractivity contribution in [2.75, 3.05) is 36.0 Å². The third-order valence-corrected chi connectivity index (χ3v) is 6.75. The van der Waals surface area contributed by atoms with Crippen LogP contribution in [0.2, 0.25) is 0 Å². The van der Waals surface area contributed by atoms with Crippen LogP contribution in [0.5, 0.6) is 0 Å². The van der Waals surface area contributed by atoms with E-state index in [9.17, 15) is 14.4 Å². The molecule has 1 saturated heterocycles.